The third-order valence-corrected chi connectivity index (χ3v) is 8.56. The van der Waals surface area contributed by atoms with Gasteiger partial charge in [-0.05, 0) is 67.1 Å². The predicted octanol–water partition coefficient (Wildman–Crippen LogP) is 4.51. The quantitative estimate of drug-likeness (QED) is 0.408. The Kier molecular flexibility index (Phi) is 7.59. The molecule has 1 aliphatic carbocycles. The minimum absolute atomic E-state index is 0.0270. The monoisotopic (exact) mass is 550 g/mol. The number of piperidine rings is 1. The molecule has 1 saturated carbocycles. The van der Waals surface area contributed by atoms with Gasteiger partial charge < -0.3 is 14.5 Å². The van der Waals surface area contributed by atoms with Crippen LogP contribution in [0.4, 0.5) is 10.3 Å². The standard InChI is InChI=1S/C29H32ClFN6O2/c30-23-15-33-29(34-16-23)36-7-3-19(4-8-36)25-11-20(25)6-10-39-24-2-1-21(26(31)13-24)12-28(38)37-9-5-22-14-32-18-35-27(22)17-37/h1-2,13-16,18-20,25H,3-12,17H2/t20-,25-/m1/s1. The Hall–Kier alpha value is -3.33. The molecule has 0 N–H and O–H groups in total. The summed E-state index contributed by atoms with van der Waals surface area (Å²) in [7, 11) is 0. The van der Waals surface area contributed by atoms with Gasteiger partial charge in [0.05, 0.1) is 42.7 Å². The van der Waals surface area contributed by atoms with Crippen molar-refractivity contribution in [2.24, 2.45) is 17.8 Å². The molecule has 1 aromatic carbocycles. The van der Waals surface area contributed by atoms with Gasteiger partial charge in [0.25, 0.3) is 0 Å². The van der Waals surface area contributed by atoms with E-state index >= 15 is 0 Å². The van der Waals surface area contributed by atoms with Crippen LogP contribution in [-0.4, -0.2) is 57.0 Å². The first-order valence-electron chi connectivity index (χ1n) is 13.7. The molecule has 0 unspecified atom stereocenters. The first-order valence-corrected chi connectivity index (χ1v) is 14.1. The van der Waals surface area contributed by atoms with Crippen LogP contribution in [0.25, 0.3) is 0 Å². The molecule has 0 bridgehead atoms. The number of amides is 1. The van der Waals surface area contributed by atoms with Crippen LogP contribution >= 0.6 is 11.6 Å². The van der Waals surface area contributed by atoms with E-state index in [1.54, 1.807) is 35.6 Å². The SMILES string of the molecule is O=C(Cc1ccc(OCC[C@@H]2C[C@@H]2C2CCN(c3ncc(Cl)cn3)CC2)cc1F)N1CCc2cncnc2C1. The van der Waals surface area contributed by atoms with Crippen LogP contribution in [0.3, 0.4) is 0 Å². The molecule has 2 aromatic heterocycles. The van der Waals surface area contributed by atoms with Crippen LogP contribution in [0.1, 0.15) is 42.5 Å². The van der Waals surface area contributed by atoms with Crippen LogP contribution in [0, 0.1) is 23.6 Å². The number of benzene rings is 1. The molecule has 3 aromatic rings. The number of hydrogen-bond acceptors (Lipinski definition) is 7. The Balaban J connectivity index is 0.924. The lowest BCUT2D eigenvalue weighted by Crippen LogP contribution is -2.37. The Bertz CT molecular complexity index is 1320. The highest BCUT2D eigenvalue weighted by Gasteiger charge is 2.43. The molecule has 3 aliphatic rings. The minimum atomic E-state index is -0.402. The molecule has 8 nitrogen and oxygen atoms in total. The lowest BCUT2D eigenvalue weighted by molar-refractivity contribution is -0.131. The normalized spacial score (nSPS) is 21.0. The van der Waals surface area contributed by atoms with Crippen LogP contribution < -0.4 is 9.64 Å². The Labute approximate surface area is 232 Å². The van der Waals surface area contributed by atoms with Crippen molar-refractivity contribution >= 4 is 23.5 Å². The highest BCUT2D eigenvalue weighted by Crippen LogP contribution is 2.49. The zero-order valence-electron chi connectivity index (χ0n) is 21.8. The van der Waals surface area contributed by atoms with E-state index in [1.165, 1.54) is 18.8 Å². The zero-order valence-corrected chi connectivity index (χ0v) is 22.6. The maximum absolute atomic E-state index is 14.8. The van der Waals surface area contributed by atoms with Crippen LogP contribution in [-0.2, 0) is 24.2 Å². The molecular formula is C29H32ClFN6O2. The first kappa shape index (κ1) is 25.9. The topological polar surface area (TPSA) is 84.3 Å². The molecule has 39 heavy (non-hydrogen) atoms. The van der Waals surface area contributed by atoms with Crippen LogP contribution in [0.5, 0.6) is 5.75 Å². The van der Waals surface area contributed by atoms with Crippen molar-refractivity contribution in [2.75, 3.05) is 31.1 Å². The summed E-state index contributed by atoms with van der Waals surface area (Å²) in [4.78, 5) is 33.8. The summed E-state index contributed by atoms with van der Waals surface area (Å²) < 4.78 is 20.7. The van der Waals surface area contributed by atoms with Crippen molar-refractivity contribution in [1.29, 1.82) is 0 Å². The average Bonchev–Trinajstić information content (AvgIpc) is 3.74. The molecule has 2 aliphatic heterocycles. The molecule has 2 atom stereocenters. The van der Waals surface area contributed by atoms with E-state index in [9.17, 15) is 9.18 Å². The fraction of sp³-hybridized carbons (Fsp3) is 0.483. The van der Waals surface area contributed by atoms with Gasteiger partial charge in [0, 0.05) is 31.9 Å². The second kappa shape index (κ2) is 11.4. The summed E-state index contributed by atoms with van der Waals surface area (Å²) in [6.07, 6.45) is 11.9. The van der Waals surface area contributed by atoms with Crippen LogP contribution in [0.2, 0.25) is 5.02 Å². The summed E-state index contributed by atoms with van der Waals surface area (Å²) in [6, 6.07) is 4.84. The van der Waals surface area contributed by atoms with E-state index in [1.807, 2.05) is 0 Å². The molecule has 4 heterocycles. The fourth-order valence-corrected chi connectivity index (χ4v) is 6.10. The van der Waals surface area contributed by atoms with Gasteiger partial charge in [0.15, 0.2) is 0 Å². The molecule has 0 spiro atoms. The second-order valence-corrected chi connectivity index (χ2v) is 11.2. The number of aromatic nitrogens is 4. The van der Waals surface area contributed by atoms with E-state index in [-0.39, 0.29) is 12.3 Å². The fourth-order valence-electron chi connectivity index (χ4n) is 6.00. The van der Waals surface area contributed by atoms with Gasteiger partial charge in [0.2, 0.25) is 11.9 Å². The molecule has 0 radical (unpaired) electrons. The van der Waals surface area contributed by atoms with Crippen molar-refractivity contribution in [3.05, 3.63) is 70.8 Å². The summed E-state index contributed by atoms with van der Waals surface area (Å²) in [5.74, 6) is 2.93. The number of hydrogen-bond donors (Lipinski definition) is 0. The smallest absolute Gasteiger partial charge is 0.227 e. The molecule has 10 heteroatoms. The number of carbonyl (C=O) groups is 1. The summed E-state index contributed by atoms with van der Waals surface area (Å²) in [6.45, 7) is 3.56. The van der Waals surface area contributed by atoms with E-state index < -0.39 is 5.82 Å². The lowest BCUT2D eigenvalue weighted by Gasteiger charge is -2.32. The van der Waals surface area contributed by atoms with Crippen molar-refractivity contribution in [3.63, 3.8) is 0 Å². The van der Waals surface area contributed by atoms with Gasteiger partial charge in [-0.25, -0.2) is 24.3 Å². The molecule has 1 amide bonds. The largest absolute Gasteiger partial charge is 0.493 e. The molecule has 1 saturated heterocycles. The van der Waals surface area contributed by atoms with Crippen molar-refractivity contribution in [2.45, 2.75) is 45.1 Å². The van der Waals surface area contributed by atoms with E-state index in [0.29, 0.717) is 41.9 Å². The lowest BCUT2D eigenvalue weighted by atomic mass is 9.90. The average molecular weight is 551 g/mol. The van der Waals surface area contributed by atoms with Gasteiger partial charge in [-0.1, -0.05) is 17.7 Å². The maximum atomic E-state index is 14.8. The molecule has 6 rings (SSSR count). The Morgan fingerprint density at radius 3 is 2.72 bits per heavy atom. The van der Waals surface area contributed by atoms with Gasteiger partial charge in [-0.3, -0.25) is 4.79 Å². The number of fused-ring (bicyclic) bond motifs is 1. The Morgan fingerprint density at radius 2 is 1.92 bits per heavy atom. The predicted molar refractivity (Wildman–Crippen MR) is 145 cm³/mol. The third kappa shape index (κ3) is 6.13. The number of carbonyl (C=O) groups excluding carboxylic acids is 1. The van der Waals surface area contributed by atoms with Crippen LogP contribution in [0.15, 0.2) is 43.1 Å². The van der Waals surface area contributed by atoms with E-state index in [2.05, 4.69) is 24.8 Å². The summed E-state index contributed by atoms with van der Waals surface area (Å²) in [5, 5.41) is 0.557. The number of halogens is 2. The van der Waals surface area contributed by atoms with Gasteiger partial charge in [0.1, 0.15) is 17.9 Å². The van der Waals surface area contributed by atoms with Crippen molar-refractivity contribution in [1.82, 2.24) is 24.8 Å². The third-order valence-electron chi connectivity index (χ3n) is 8.36. The highest BCUT2D eigenvalue weighted by molar-refractivity contribution is 6.30. The molecular weight excluding hydrogens is 519 g/mol. The molecule has 2 fully saturated rings. The summed E-state index contributed by atoms with van der Waals surface area (Å²) in [5.41, 5.74) is 2.32. The summed E-state index contributed by atoms with van der Waals surface area (Å²) >= 11 is 5.90. The van der Waals surface area contributed by atoms with E-state index in [4.69, 9.17) is 16.3 Å². The molecule has 204 valence electrons. The minimum Gasteiger partial charge on any atom is -0.493 e. The number of rotatable bonds is 8. The maximum Gasteiger partial charge on any atom is 0.227 e. The van der Waals surface area contributed by atoms with Gasteiger partial charge >= 0.3 is 0 Å². The number of anilines is 1. The highest BCUT2D eigenvalue weighted by atomic mass is 35.5. The number of nitrogens with zero attached hydrogens (tertiary/aromatic N) is 6. The zero-order chi connectivity index (χ0) is 26.8. The van der Waals surface area contributed by atoms with Crippen molar-refractivity contribution < 1.29 is 13.9 Å². The van der Waals surface area contributed by atoms with Gasteiger partial charge in [-0.15, -0.1) is 0 Å². The number of ether oxygens (including phenoxy) is 1. The van der Waals surface area contributed by atoms with E-state index in [0.717, 1.165) is 67.8 Å². The second-order valence-electron chi connectivity index (χ2n) is 10.8. The first-order chi connectivity index (χ1) is 19.0. The Morgan fingerprint density at radius 1 is 1.10 bits per heavy atom. The van der Waals surface area contributed by atoms with Crippen molar-refractivity contribution in [3.8, 4) is 5.75 Å². The van der Waals surface area contributed by atoms with Gasteiger partial charge in [-0.2, -0.15) is 0 Å².